The van der Waals surface area contributed by atoms with E-state index >= 15 is 0 Å². The fourth-order valence-electron chi connectivity index (χ4n) is 8.42. The predicted octanol–water partition coefficient (Wildman–Crippen LogP) is 6.00. The Balaban J connectivity index is 1.47. The Morgan fingerprint density at radius 2 is 1.76 bits per heavy atom. The van der Waals surface area contributed by atoms with Crippen LogP contribution in [0.1, 0.15) is 79.6 Å². The molecular formula is C33H48BrN3O4. The quantitative estimate of drug-likeness (QED) is 0.210. The lowest BCUT2D eigenvalue weighted by Crippen LogP contribution is -2.41. The number of allylic oxidation sites excluding steroid dienone is 4. The van der Waals surface area contributed by atoms with E-state index in [1.165, 1.54) is 41.4 Å². The zero-order valence-corrected chi connectivity index (χ0v) is 27.3. The molecule has 2 saturated carbocycles. The molecule has 0 aromatic carbocycles. The zero-order chi connectivity index (χ0) is 29.6. The van der Waals surface area contributed by atoms with Crippen LogP contribution in [0, 0.1) is 40.9 Å². The molecule has 2 fully saturated rings. The molecule has 8 heteroatoms. The smallest absolute Gasteiger partial charge is 0.347 e. The molecule has 0 N–H and O–H groups in total. The molecule has 1 aromatic heterocycles. The molecule has 0 saturated heterocycles. The molecule has 0 spiro atoms. The van der Waals surface area contributed by atoms with Gasteiger partial charge in [0.2, 0.25) is 0 Å². The molecule has 0 radical (unpaired) electrons. The highest BCUT2D eigenvalue weighted by Crippen LogP contribution is 2.60. The SMILES string of the molecule is CC(C)[C@@H](C)/C=C/[C@@H](C)C1CCC2/C(=C/[C@@H]3C4=C(CC[C@@H]3OC(=O)CBr)Cn3c(=O)n(C)c(=O)n3C4)CCCC21C. The molecule has 7 atom stereocenters. The average Bonchev–Trinajstić information content (AvgIpc) is 3.41. The number of carbonyl (C=O) groups is 1. The van der Waals surface area contributed by atoms with Gasteiger partial charge in [0.15, 0.2) is 0 Å². The maximum absolute atomic E-state index is 12.9. The molecule has 7 nitrogen and oxygen atoms in total. The molecule has 226 valence electrons. The van der Waals surface area contributed by atoms with Crippen LogP contribution in [0.2, 0.25) is 0 Å². The van der Waals surface area contributed by atoms with Gasteiger partial charge in [-0.1, -0.05) is 74.3 Å². The standard InChI is InChI=1S/C33H48BrN3O4/c1-20(2)21(3)9-10-22(4)27-12-13-28-23(8-7-15-33(27,28)5)16-25-26-19-37-32(40)35(6)31(39)36(37)18-24(26)11-14-29(25)41-30(38)17-34/h9-10,16,20-22,25,27-29H,7-8,11-15,17-19H2,1-6H3/b10-9+,23-16+/t21-,22+,25+,27?,28?,29-,33?/m0/s1. The summed E-state index contributed by atoms with van der Waals surface area (Å²) in [5, 5.41) is 0.166. The van der Waals surface area contributed by atoms with Crippen LogP contribution in [-0.4, -0.2) is 31.3 Å². The largest absolute Gasteiger partial charge is 0.461 e. The Kier molecular flexibility index (Phi) is 8.81. The van der Waals surface area contributed by atoms with E-state index in [9.17, 15) is 14.4 Å². The van der Waals surface area contributed by atoms with Gasteiger partial charge in [0, 0.05) is 13.0 Å². The monoisotopic (exact) mass is 629 g/mol. The number of rotatable bonds is 7. The first-order chi connectivity index (χ1) is 19.5. The summed E-state index contributed by atoms with van der Waals surface area (Å²) in [5.74, 6) is 2.64. The van der Waals surface area contributed by atoms with Gasteiger partial charge in [0.1, 0.15) is 11.4 Å². The summed E-state index contributed by atoms with van der Waals surface area (Å²) in [4.78, 5) is 38.1. The second kappa shape index (κ2) is 11.9. The van der Waals surface area contributed by atoms with E-state index in [-0.39, 0.29) is 40.1 Å². The van der Waals surface area contributed by atoms with Crippen molar-refractivity contribution in [2.24, 2.45) is 48.0 Å². The maximum Gasteiger partial charge on any atom is 0.347 e. The number of hydrogen-bond acceptors (Lipinski definition) is 4. The van der Waals surface area contributed by atoms with Gasteiger partial charge < -0.3 is 4.74 Å². The molecule has 5 rings (SSSR count). The minimum atomic E-state index is -0.287. The lowest BCUT2D eigenvalue weighted by molar-refractivity contribution is -0.147. The predicted molar refractivity (Wildman–Crippen MR) is 166 cm³/mol. The third-order valence-corrected chi connectivity index (χ3v) is 11.6. The van der Waals surface area contributed by atoms with E-state index in [0.717, 1.165) is 24.8 Å². The van der Waals surface area contributed by atoms with Crippen molar-refractivity contribution >= 4 is 21.9 Å². The van der Waals surface area contributed by atoms with E-state index < -0.39 is 0 Å². The summed E-state index contributed by atoms with van der Waals surface area (Å²) < 4.78 is 10.4. The molecule has 2 heterocycles. The summed E-state index contributed by atoms with van der Waals surface area (Å²) in [6.45, 7) is 12.6. The molecule has 1 aliphatic heterocycles. The molecule has 0 amide bonds. The van der Waals surface area contributed by atoms with Crippen molar-refractivity contribution in [2.45, 2.75) is 98.8 Å². The topological polar surface area (TPSA) is 75.2 Å². The third kappa shape index (κ3) is 5.54. The molecule has 4 aliphatic rings. The fraction of sp³-hybridized carbons (Fsp3) is 0.727. The van der Waals surface area contributed by atoms with Gasteiger partial charge in [-0.15, -0.1) is 0 Å². The fourth-order valence-corrected chi connectivity index (χ4v) is 8.55. The van der Waals surface area contributed by atoms with E-state index in [2.05, 4.69) is 68.8 Å². The van der Waals surface area contributed by atoms with Crippen LogP contribution in [0.4, 0.5) is 0 Å². The number of halogens is 1. The van der Waals surface area contributed by atoms with Crippen molar-refractivity contribution in [3.05, 3.63) is 55.9 Å². The molecule has 41 heavy (non-hydrogen) atoms. The van der Waals surface area contributed by atoms with Crippen LogP contribution >= 0.6 is 15.9 Å². The van der Waals surface area contributed by atoms with Crippen molar-refractivity contribution in [3.8, 4) is 0 Å². The van der Waals surface area contributed by atoms with Gasteiger partial charge in [0.05, 0.1) is 13.1 Å². The summed E-state index contributed by atoms with van der Waals surface area (Å²) in [5.41, 5.74) is 3.58. The molecule has 3 unspecified atom stereocenters. The summed E-state index contributed by atoms with van der Waals surface area (Å²) in [6, 6.07) is 0. The Morgan fingerprint density at radius 3 is 2.44 bits per heavy atom. The zero-order valence-electron chi connectivity index (χ0n) is 25.7. The van der Waals surface area contributed by atoms with Crippen LogP contribution in [-0.2, 0) is 29.7 Å². The molecule has 3 aliphatic carbocycles. The number of alkyl halides is 1. The van der Waals surface area contributed by atoms with Gasteiger partial charge in [-0.05, 0) is 91.1 Å². The van der Waals surface area contributed by atoms with Crippen LogP contribution in [0.3, 0.4) is 0 Å². The molecular weight excluding hydrogens is 582 g/mol. The Bertz CT molecular complexity index is 1380. The minimum absolute atomic E-state index is 0.0710. The molecule has 0 bridgehead atoms. The van der Waals surface area contributed by atoms with Gasteiger partial charge in [-0.2, -0.15) is 0 Å². The Hall–Kier alpha value is -2.09. The van der Waals surface area contributed by atoms with Gasteiger partial charge >= 0.3 is 17.3 Å². The van der Waals surface area contributed by atoms with Crippen molar-refractivity contribution in [1.82, 2.24) is 13.9 Å². The molecule has 1 aromatic rings. The summed E-state index contributed by atoms with van der Waals surface area (Å²) in [7, 11) is 1.54. The lowest BCUT2D eigenvalue weighted by atomic mass is 9.60. The van der Waals surface area contributed by atoms with E-state index in [4.69, 9.17) is 4.74 Å². The van der Waals surface area contributed by atoms with Crippen molar-refractivity contribution in [2.75, 3.05) is 5.33 Å². The summed E-state index contributed by atoms with van der Waals surface area (Å²) >= 11 is 3.27. The Morgan fingerprint density at radius 1 is 1.05 bits per heavy atom. The second-order valence-corrected chi connectivity index (χ2v) is 14.3. The first kappa shape index (κ1) is 30.4. The number of aromatic nitrogens is 3. The number of fused-ring (bicyclic) bond motifs is 2. The van der Waals surface area contributed by atoms with Crippen LogP contribution in [0.5, 0.6) is 0 Å². The van der Waals surface area contributed by atoms with Crippen molar-refractivity contribution in [3.63, 3.8) is 0 Å². The van der Waals surface area contributed by atoms with Crippen molar-refractivity contribution < 1.29 is 9.53 Å². The summed E-state index contributed by atoms with van der Waals surface area (Å²) in [6.07, 6.45) is 14.6. The van der Waals surface area contributed by atoms with Crippen LogP contribution in [0.15, 0.2) is 44.5 Å². The number of esters is 1. The number of carbonyl (C=O) groups excluding carboxylic acids is 1. The highest BCUT2D eigenvalue weighted by atomic mass is 79.9. The van der Waals surface area contributed by atoms with Crippen LogP contribution in [0.25, 0.3) is 0 Å². The first-order valence-corrected chi connectivity index (χ1v) is 16.8. The maximum atomic E-state index is 12.9. The van der Waals surface area contributed by atoms with Gasteiger partial charge in [-0.25, -0.2) is 23.5 Å². The lowest BCUT2D eigenvalue weighted by Gasteiger charge is -2.45. The normalized spacial score (nSPS) is 32.2. The Labute approximate surface area is 252 Å². The number of hydrogen-bond donors (Lipinski definition) is 0. The first-order valence-electron chi connectivity index (χ1n) is 15.7. The van der Waals surface area contributed by atoms with E-state index in [1.807, 2.05) is 0 Å². The number of nitrogens with zero attached hydrogens (tertiary/aromatic N) is 3. The third-order valence-electron chi connectivity index (χ3n) is 11.2. The van der Waals surface area contributed by atoms with Crippen molar-refractivity contribution in [1.29, 1.82) is 0 Å². The van der Waals surface area contributed by atoms with Gasteiger partial charge in [0.25, 0.3) is 0 Å². The van der Waals surface area contributed by atoms with E-state index in [1.54, 1.807) is 16.4 Å². The van der Waals surface area contributed by atoms with Gasteiger partial charge in [-0.3, -0.25) is 4.79 Å². The second-order valence-electron chi connectivity index (χ2n) is 13.8. The average molecular weight is 631 g/mol. The minimum Gasteiger partial charge on any atom is -0.461 e. The van der Waals surface area contributed by atoms with E-state index in [0.29, 0.717) is 42.7 Å². The number of ether oxygens (including phenoxy) is 1. The highest BCUT2D eigenvalue weighted by molar-refractivity contribution is 9.09. The highest BCUT2D eigenvalue weighted by Gasteiger charge is 2.51. The van der Waals surface area contributed by atoms with Crippen LogP contribution < -0.4 is 11.4 Å².